The summed E-state index contributed by atoms with van der Waals surface area (Å²) in [6.07, 6.45) is 0. The minimum absolute atomic E-state index is 0.00801. The van der Waals surface area contributed by atoms with Crippen molar-refractivity contribution in [1.82, 2.24) is 4.72 Å². The SMILES string of the molecule is CC(C#N)CNS(=O)(=O)Cc1ccccc1C(=O)O. The van der Waals surface area contributed by atoms with Crippen molar-refractivity contribution in [2.45, 2.75) is 12.7 Å². The molecule has 0 radical (unpaired) electrons. The van der Waals surface area contributed by atoms with Crippen LogP contribution >= 0.6 is 0 Å². The molecule has 0 fully saturated rings. The van der Waals surface area contributed by atoms with Gasteiger partial charge in [-0.25, -0.2) is 17.9 Å². The maximum absolute atomic E-state index is 11.8. The van der Waals surface area contributed by atoms with Gasteiger partial charge in [-0.15, -0.1) is 0 Å². The summed E-state index contributed by atoms with van der Waals surface area (Å²) in [5, 5.41) is 17.5. The van der Waals surface area contributed by atoms with E-state index in [1.54, 1.807) is 13.0 Å². The van der Waals surface area contributed by atoms with E-state index in [1.807, 2.05) is 6.07 Å². The van der Waals surface area contributed by atoms with Crippen LogP contribution in [-0.2, 0) is 15.8 Å². The van der Waals surface area contributed by atoms with Gasteiger partial charge in [-0.1, -0.05) is 18.2 Å². The molecule has 1 unspecified atom stereocenters. The van der Waals surface area contributed by atoms with Crippen LogP contribution in [0, 0.1) is 17.2 Å². The summed E-state index contributed by atoms with van der Waals surface area (Å²) in [6, 6.07) is 7.83. The van der Waals surface area contributed by atoms with E-state index in [2.05, 4.69) is 4.72 Å². The molecule has 0 aliphatic carbocycles. The lowest BCUT2D eigenvalue weighted by Gasteiger charge is -2.09. The van der Waals surface area contributed by atoms with Crippen molar-refractivity contribution in [2.75, 3.05) is 6.54 Å². The zero-order valence-corrected chi connectivity index (χ0v) is 11.1. The van der Waals surface area contributed by atoms with Crippen LogP contribution in [0.5, 0.6) is 0 Å². The number of nitriles is 1. The average Bonchev–Trinajstić information content (AvgIpc) is 2.36. The standard InChI is InChI=1S/C12H14N2O4S/c1-9(6-13)7-14-19(17,18)8-10-4-2-3-5-11(10)12(15)16/h2-5,9,14H,7-8H2,1H3,(H,15,16). The fourth-order valence-electron chi connectivity index (χ4n) is 1.41. The van der Waals surface area contributed by atoms with Crippen LogP contribution < -0.4 is 4.72 Å². The van der Waals surface area contributed by atoms with Crippen molar-refractivity contribution in [3.8, 4) is 6.07 Å². The molecule has 6 nitrogen and oxygen atoms in total. The molecule has 2 N–H and O–H groups in total. The topological polar surface area (TPSA) is 107 Å². The van der Waals surface area contributed by atoms with E-state index in [0.717, 1.165) is 0 Å². The lowest BCUT2D eigenvalue weighted by molar-refractivity contribution is 0.0696. The number of sulfonamides is 1. The van der Waals surface area contributed by atoms with E-state index in [1.165, 1.54) is 18.2 Å². The number of nitrogens with one attached hydrogen (secondary N) is 1. The molecular weight excluding hydrogens is 268 g/mol. The van der Waals surface area contributed by atoms with Crippen molar-refractivity contribution >= 4 is 16.0 Å². The van der Waals surface area contributed by atoms with Gasteiger partial charge in [0.2, 0.25) is 10.0 Å². The summed E-state index contributed by atoms with van der Waals surface area (Å²) < 4.78 is 25.8. The summed E-state index contributed by atoms with van der Waals surface area (Å²) >= 11 is 0. The molecule has 0 heterocycles. The van der Waals surface area contributed by atoms with Crippen LogP contribution in [0.1, 0.15) is 22.8 Å². The van der Waals surface area contributed by atoms with Gasteiger partial charge in [0.25, 0.3) is 0 Å². The van der Waals surface area contributed by atoms with Crippen LogP contribution in [0.2, 0.25) is 0 Å². The van der Waals surface area contributed by atoms with Crippen LogP contribution in [0.15, 0.2) is 24.3 Å². The Kier molecular flexibility index (Phi) is 5.03. The molecule has 102 valence electrons. The lowest BCUT2D eigenvalue weighted by atomic mass is 10.1. The molecule has 1 aromatic rings. The lowest BCUT2D eigenvalue weighted by Crippen LogP contribution is -2.29. The highest BCUT2D eigenvalue weighted by Gasteiger charge is 2.17. The first kappa shape index (κ1) is 15.1. The highest BCUT2D eigenvalue weighted by Crippen LogP contribution is 2.12. The van der Waals surface area contributed by atoms with Crippen molar-refractivity contribution in [2.24, 2.45) is 5.92 Å². The molecule has 7 heteroatoms. The Balaban J connectivity index is 2.85. The summed E-state index contributed by atoms with van der Waals surface area (Å²) in [4.78, 5) is 11.0. The Morgan fingerprint density at radius 1 is 1.47 bits per heavy atom. The molecular formula is C12H14N2O4S. The number of benzene rings is 1. The monoisotopic (exact) mass is 282 g/mol. The maximum Gasteiger partial charge on any atom is 0.335 e. The smallest absolute Gasteiger partial charge is 0.335 e. The average molecular weight is 282 g/mol. The van der Waals surface area contributed by atoms with Crippen LogP contribution in [0.25, 0.3) is 0 Å². The maximum atomic E-state index is 11.8. The van der Waals surface area contributed by atoms with Gasteiger partial charge in [-0.05, 0) is 18.6 Å². The number of carboxylic acids is 1. The molecule has 19 heavy (non-hydrogen) atoms. The fourth-order valence-corrected chi connectivity index (χ4v) is 2.68. The van der Waals surface area contributed by atoms with Crippen molar-refractivity contribution in [1.29, 1.82) is 5.26 Å². The Labute approximate surface area is 111 Å². The third-order valence-electron chi connectivity index (χ3n) is 2.42. The normalized spacial score (nSPS) is 12.6. The van der Waals surface area contributed by atoms with Gasteiger partial charge in [-0.3, -0.25) is 0 Å². The van der Waals surface area contributed by atoms with Crippen molar-refractivity contribution < 1.29 is 18.3 Å². The molecule has 1 atom stereocenters. The number of aromatic carboxylic acids is 1. The van der Waals surface area contributed by atoms with Crippen molar-refractivity contribution in [3.05, 3.63) is 35.4 Å². The number of hydrogen-bond acceptors (Lipinski definition) is 4. The Bertz CT molecular complexity index is 604. The molecule has 0 bridgehead atoms. The zero-order chi connectivity index (χ0) is 14.5. The summed E-state index contributed by atoms with van der Waals surface area (Å²) in [5.41, 5.74) is 0.174. The predicted molar refractivity (Wildman–Crippen MR) is 68.8 cm³/mol. The first-order valence-electron chi connectivity index (χ1n) is 5.54. The van der Waals surface area contributed by atoms with Gasteiger partial charge in [0.1, 0.15) is 0 Å². The second kappa shape index (κ2) is 6.31. The first-order chi connectivity index (χ1) is 8.85. The second-order valence-corrected chi connectivity index (χ2v) is 5.91. The van der Waals surface area contributed by atoms with Crippen LogP contribution in [-0.4, -0.2) is 26.0 Å². The highest BCUT2D eigenvalue weighted by atomic mass is 32.2. The molecule has 0 aliphatic heterocycles. The summed E-state index contributed by atoms with van der Waals surface area (Å²) in [6.45, 7) is 1.60. The quantitative estimate of drug-likeness (QED) is 0.808. The number of rotatable bonds is 6. The summed E-state index contributed by atoms with van der Waals surface area (Å²) in [7, 11) is -3.66. The van der Waals surface area contributed by atoms with E-state index < -0.39 is 27.7 Å². The summed E-state index contributed by atoms with van der Waals surface area (Å²) in [5.74, 6) is -2.03. The highest BCUT2D eigenvalue weighted by molar-refractivity contribution is 7.88. The van der Waals surface area contributed by atoms with E-state index >= 15 is 0 Å². The number of carbonyl (C=O) groups is 1. The molecule has 0 saturated carbocycles. The van der Waals surface area contributed by atoms with E-state index in [9.17, 15) is 13.2 Å². The van der Waals surface area contributed by atoms with Gasteiger partial charge < -0.3 is 5.11 Å². The molecule has 0 saturated heterocycles. The Hall–Kier alpha value is -1.91. The second-order valence-electron chi connectivity index (χ2n) is 4.10. The van der Waals surface area contributed by atoms with E-state index in [-0.39, 0.29) is 17.7 Å². The van der Waals surface area contributed by atoms with Crippen LogP contribution in [0.4, 0.5) is 0 Å². The minimum Gasteiger partial charge on any atom is -0.478 e. The molecule has 0 amide bonds. The first-order valence-corrected chi connectivity index (χ1v) is 7.19. The van der Waals surface area contributed by atoms with Gasteiger partial charge in [0.15, 0.2) is 0 Å². The fraction of sp³-hybridized carbons (Fsp3) is 0.333. The molecule has 0 spiro atoms. The van der Waals surface area contributed by atoms with Gasteiger partial charge in [-0.2, -0.15) is 5.26 Å². The molecule has 0 aromatic heterocycles. The van der Waals surface area contributed by atoms with Gasteiger partial charge in [0, 0.05) is 6.54 Å². The predicted octanol–water partition coefficient (Wildman–Crippen LogP) is 0.964. The third-order valence-corrected chi connectivity index (χ3v) is 3.72. The number of hydrogen-bond donors (Lipinski definition) is 2. The minimum atomic E-state index is -3.66. The third kappa shape index (κ3) is 4.69. The zero-order valence-electron chi connectivity index (χ0n) is 10.3. The van der Waals surface area contributed by atoms with Gasteiger partial charge >= 0.3 is 5.97 Å². The Morgan fingerprint density at radius 2 is 2.11 bits per heavy atom. The number of nitrogens with zero attached hydrogens (tertiary/aromatic N) is 1. The molecule has 1 rings (SSSR count). The van der Waals surface area contributed by atoms with Crippen LogP contribution in [0.3, 0.4) is 0 Å². The van der Waals surface area contributed by atoms with Crippen molar-refractivity contribution in [3.63, 3.8) is 0 Å². The Morgan fingerprint density at radius 3 is 2.68 bits per heavy atom. The van der Waals surface area contributed by atoms with E-state index in [0.29, 0.717) is 0 Å². The number of carboxylic acid groups (broad SMARTS) is 1. The van der Waals surface area contributed by atoms with E-state index in [4.69, 9.17) is 10.4 Å². The molecule has 0 aliphatic rings. The molecule has 1 aromatic carbocycles. The van der Waals surface area contributed by atoms with Gasteiger partial charge in [0.05, 0.1) is 23.3 Å². The largest absolute Gasteiger partial charge is 0.478 e.